The number of nitro benzene ring substituents is 1. The standard InChI is InChI=1S/C11H14N4O5S/c1-12-9-6-8(2-3-10(9)15(17)18)21(19,20)14-5-4-13-11(16)7-14/h2-3,6,12H,4-5,7H2,1H3,(H,13,16). The first-order chi connectivity index (χ1) is 9.86. The van der Waals surface area contributed by atoms with Crippen LogP contribution in [0.25, 0.3) is 0 Å². The molecule has 114 valence electrons. The van der Waals surface area contributed by atoms with Gasteiger partial charge >= 0.3 is 0 Å². The van der Waals surface area contributed by atoms with E-state index < -0.39 is 14.9 Å². The Balaban J connectivity index is 2.40. The molecule has 9 nitrogen and oxygen atoms in total. The lowest BCUT2D eigenvalue weighted by Gasteiger charge is -2.26. The fourth-order valence-electron chi connectivity index (χ4n) is 2.00. The van der Waals surface area contributed by atoms with Gasteiger partial charge in [0.05, 0.1) is 16.4 Å². The molecule has 10 heteroatoms. The van der Waals surface area contributed by atoms with Crippen LogP contribution in [-0.4, -0.2) is 50.2 Å². The van der Waals surface area contributed by atoms with Crippen LogP contribution < -0.4 is 10.6 Å². The van der Waals surface area contributed by atoms with E-state index in [4.69, 9.17) is 0 Å². The molecule has 0 radical (unpaired) electrons. The molecule has 1 aromatic carbocycles. The first-order valence-electron chi connectivity index (χ1n) is 6.09. The molecule has 0 atom stereocenters. The summed E-state index contributed by atoms with van der Waals surface area (Å²) in [6.45, 7) is 0.151. The van der Waals surface area contributed by atoms with Crippen LogP contribution in [0.15, 0.2) is 23.1 Å². The first kappa shape index (κ1) is 15.2. The van der Waals surface area contributed by atoms with E-state index in [1.165, 1.54) is 19.2 Å². The topological polar surface area (TPSA) is 122 Å². The molecule has 1 aliphatic heterocycles. The van der Waals surface area contributed by atoms with Crippen LogP contribution in [0.5, 0.6) is 0 Å². The summed E-state index contributed by atoms with van der Waals surface area (Å²) in [5.41, 5.74) is -0.115. The molecular formula is C11H14N4O5S. The van der Waals surface area contributed by atoms with Gasteiger partial charge in [-0.3, -0.25) is 14.9 Å². The lowest BCUT2D eigenvalue weighted by atomic mass is 10.3. The van der Waals surface area contributed by atoms with Gasteiger partial charge in [-0.1, -0.05) is 0 Å². The molecule has 1 heterocycles. The van der Waals surface area contributed by atoms with E-state index in [1.54, 1.807) is 0 Å². The molecule has 1 amide bonds. The molecule has 0 spiro atoms. The summed E-state index contributed by atoms with van der Waals surface area (Å²) in [6.07, 6.45) is 0. The average molecular weight is 314 g/mol. The second-order valence-corrected chi connectivity index (χ2v) is 6.31. The Morgan fingerprint density at radius 1 is 1.43 bits per heavy atom. The Hall–Kier alpha value is -2.20. The molecule has 1 aliphatic rings. The van der Waals surface area contributed by atoms with Gasteiger partial charge in [0.1, 0.15) is 5.69 Å². The van der Waals surface area contributed by atoms with E-state index in [2.05, 4.69) is 10.6 Å². The number of benzene rings is 1. The maximum Gasteiger partial charge on any atom is 0.292 e. The molecule has 0 bridgehead atoms. The lowest BCUT2D eigenvalue weighted by Crippen LogP contribution is -2.49. The van der Waals surface area contributed by atoms with Crippen LogP contribution in [0.1, 0.15) is 0 Å². The van der Waals surface area contributed by atoms with Gasteiger partial charge in [0.2, 0.25) is 15.9 Å². The smallest absolute Gasteiger partial charge is 0.292 e. The Bertz CT molecular complexity index is 688. The van der Waals surface area contributed by atoms with Crippen LogP contribution in [0.4, 0.5) is 11.4 Å². The molecule has 0 aromatic heterocycles. The summed E-state index contributed by atoms with van der Waals surface area (Å²) in [5.74, 6) is -0.374. The number of carbonyl (C=O) groups excluding carboxylic acids is 1. The van der Waals surface area contributed by atoms with E-state index >= 15 is 0 Å². The predicted molar refractivity (Wildman–Crippen MR) is 74.4 cm³/mol. The van der Waals surface area contributed by atoms with Crippen LogP contribution in [0.3, 0.4) is 0 Å². The van der Waals surface area contributed by atoms with Gasteiger partial charge in [-0.05, 0) is 12.1 Å². The number of carbonyl (C=O) groups is 1. The molecule has 0 saturated carbocycles. The van der Waals surface area contributed by atoms with Gasteiger partial charge in [-0.25, -0.2) is 8.42 Å². The summed E-state index contributed by atoms with van der Waals surface area (Å²) in [5, 5.41) is 16.0. The van der Waals surface area contributed by atoms with E-state index in [9.17, 15) is 23.3 Å². The molecule has 21 heavy (non-hydrogen) atoms. The van der Waals surface area contributed by atoms with Crippen LogP contribution >= 0.6 is 0 Å². The van der Waals surface area contributed by atoms with E-state index in [-0.39, 0.29) is 41.8 Å². The zero-order valence-electron chi connectivity index (χ0n) is 11.2. The lowest BCUT2D eigenvalue weighted by molar-refractivity contribution is -0.384. The van der Waals surface area contributed by atoms with Crippen molar-refractivity contribution in [3.05, 3.63) is 28.3 Å². The van der Waals surface area contributed by atoms with Gasteiger partial charge < -0.3 is 10.6 Å². The number of rotatable bonds is 4. The number of hydrogen-bond acceptors (Lipinski definition) is 6. The van der Waals surface area contributed by atoms with Crippen molar-refractivity contribution in [2.24, 2.45) is 0 Å². The van der Waals surface area contributed by atoms with E-state index in [0.717, 1.165) is 10.4 Å². The highest BCUT2D eigenvalue weighted by molar-refractivity contribution is 7.89. The summed E-state index contributed by atoms with van der Waals surface area (Å²) in [6, 6.07) is 3.49. The summed E-state index contributed by atoms with van der Waals surface area (Å²) in [7, 11) is -2.39. The Morgan fingerprint density at radius 2 is 2.14 bits per heavy atom. The highest BCUT2D eigenvalue weighted by Gasteiger charge is 2.30. The number of piperazine rings is 1. The quantitative estimate of drug-likeness (QED) is 0.584. The van der Waals surface area contributed by atoms with Gasteiger partial charge in [0.25, 0.3) is 5.69 Å². The summed E-state index contributed by atoms with van der Waals surface area (Å²) >= 11 is 0. The number of sulfonamides is 1. The summed E-state index contributed by atoms with van der Waals surface area (Å²) < 4.78 is 25.9. The molecular weight excluding hydrogens is 300 g/mol. The number of anilines is 1. The van der Waals surface area contributed by atoms with Crippen molar-refractivity contribution in [2.45, 2.75) is 4.90 Å². The average Bonchev–Trinajstić information content (AvgIpc) is 2.46. The number of nitrogens with zero attached hydrogens (tertiary/aromatic N) is 2. The van der Waals surface area contributed by atoms with E-state index in [1.807, 2.05) is 0 Å². The third kappa shape index (κ3) is 2.95. The molecule has 1 fully saturated rings. The number of nitro groups is 1. The van der Waals surface area contributed by atoms with Crippen molar-refractivity contribution in [3.63, 3.8) is 0 Å². The second-order valence-electron chi connectivity index (χ2n) is 4.37. The van der Waals surface area contributed by atoms with Crippen LogP contribution in [0, 0.1) is 10.1 Å². The van der Waals surface area contributed by atoms with Crippen LogP contribution in [-0.2, 0) is 14.8 Å². The Morgan fingerprint density at radius 3 is 2.71 bits per heavy atom. The largest absolute Gasteiger partial charge is 0.383 e. The van der Waals surface area contributed by atoms with Gasteiger partial charge in [-0.2, -0.15) is 4.31 Å². The van der Waals surface area contributed by atoms with E-state index in [0.29, 0.717) is 0 Å². The van der Waals surface area contributed by atoms with Gasteiger partial charge in [0.15, 0.2) is 0 Å². The Labute approximate surface area is 121 Å². The zero-order valence-corrected chi connectivity index (χ0v) is 12.0. The van der Waals surface area contributed by atoms with Crippen molar-refractivity contribution >= 4 is 27.3 Å². The minimum Gasteiger partial charge on any atom is -0.383 e. The van der Waals surface area contributed by atoms with Gasteiger partial charge in [-0.15, -0.1) is 0 Å². The molecule has 2 N–H and O–H groups in total. The normalized spacial score (nSPS) is 16.3. The fraction of sp³-hybridized carbons (Fsp3) is 0.364. The summed E-state index contributed by atoms with van der Waals surface area (Å²) in [4.78, 5) is 21.4. The highest BCUT2D eigenvalue weighted by atomic mass is 32.2. The molecule has 0 unspecified atom stereocenters. The van der Waals surface area contributed by atoms with Crippen molar-refractivity contribution in [3.8, 4) is 0 Å². The fourth-order valence-corrected chi connectivity index (χ4v) is 3.43. The number of hydrogen-bond donors (Lipinski definition) is 2. The maximum absolute atomic E-state index is 12.4. The molecule has 2 rings (SSSR count). The minimum atomic E-state index is -3.86. The third-order valence-corrected chi connectivity index (χ3v) is 4.92. The molecule has 1 aromatic rings. The third-order valence-electron chi connectivity index (χ3n) is 3.08. The minimum absolute atomic E-state index is 0.0906. The maximum atomic E-state index is 12.4. The van der Waals surface area contributed by atoms with Crippen LogP contribution in [0.2, 0.25) is 0 Å². The number of nitrogens with one attached hydrogen (secondary N) is 2. The van der Waals surface area contributed by atoms with Crippen molar-refractivity contribution in [1.82, 2.24) is 9.62 Å². The molecule has 1 saturated heterocycles. The Kier molecular flexibility index (Phi) is 4.09. The van der Waals surface area contributed by atoms with Crippen molar-refractivity contribution in [2.75, 3.05) is 32.0 Å². The number of amides is 1. The predicted octanol–water partition coefficient (Wildman–Crippen LogP) is -0.243. The second kappa shape index (κ2) is 5.66. The first-order valence-corrected chi connectivity index (χ1v) is 7.53. The van der Waals surface area contributed by atoms with Crippen molar-refractivity contribution < 1.29 is 18.1 Å². The SMILES string of the molecule is CNc1cc(S(=O)(=O)N2CCNC(=O)C2)ccc1[N+](=O)[O-]. The van der Waals surface area contributed by atoms with Crippen molar-refractivity contribution in [1.29, 1.82) is 0 Å². The zero-order chi connectivity index (χ0) is 15.6. The highest BCUT2D eigenvalue weighted by Crippen LogP contribution is 2.28. The van der Waals surface area contributed by atoms with Gasteiger partial charge in [0, 0.05) is 26.2 Å². The monoisotopic (exact) mass is 314 g/mol. The molecule has 0 aliphatic carbocycles.